The highest BCUT2D eigenvalue weighted by Crippen LogP contribution is 2.25. The third kappa shape index (κ3) is 4.74. The van der Waals surface area contributed by atoms with Crippen molar-refractivity contribution in [3.8, 4) is 0 Å². The van der Waals surface area contributed by atoms with Crippen LogP contribution in [0.3, 0.4) is 0 Å². The van der Waals surface area contributed by atoms with Crippen molar-refractivity contribution in [2.24, 2.45) is 5.92 Å². The Bertz CT molecular complexity index is 433. The second-order valence-corrected chi connectivity index (χ2v) is 6.68. The van der Waals surface area contributed by atoms with E-state index in [1.165, 1.54) is 19.3 Å². The van der Waals surface area contributed by atoms with Gasteiger partial charge in [-0.1, -0.05) is 19.8 Å². The van der Waals surface area contributed by atoms with Crippen LogP contribution in [0.15, 0.2) is 24.3 Å². The highest BCUT2D eigenvalue weighted by atomic mass is 127. The van der Waals surface area contributed by atoms with Gasteiger partial charge in [0.05, 0.1) is 12.7 Å². The van der Waals surface area contributed by atoms with Gasteiger partial charge >= 0.3 is 0 Å². The molecule has 0 heterocycles. The van der Waals surface area contributed by atoms with Crippen molar-refractivity contribution in [2.75, 3.05) is 13.2 Å². The van der Waals surface area contributed by atoms with E-state index in [0.717, 1.165) is 9.99 Å². The number of amides is 1. The van der Waals surface area contributed by atoms with Crippen molar-refractivity contribution in [3.05, 3.63) is 33.4 Å². The number of benzene rings is 1. The van der Waals surface area contributed by atoms with Gasteiger partial charge in [-0.3, -0.25) is 4.79 Å². The van der Waals surface area contributed by atoms with E-state index < -0.39 is 0 Å². The van der Waals surface area contributed by atoms with Crippen molar-refractivity contribution in [3.63, 3.8) is 0 Å². The molecule has 1 saturated carbocycles. The SMILES string of the molecule is CC1CCCCC1OCCNC(=O)c1ccc(I)cc1. The summed E-state index contributed by atoms with van der Waals surface area (Å²) in [7, 11) is 0. The number of halogens is 1. The van der Waals surface area contributed by atoms with Gasteiger partial charge in [0.1, 0.15) is 0 Å². The van der Waals surface area contributed by atoms with Crippen molar-refractivity contribution in [1.82, 2.24) is 5.32 Å². The maximum Gasteiger partial charge on any atom is 0.251 e. The predicted octanol–water partition coefficient (Wildman–Crippen LogP) is 3.62. The number of carbonyl (C=O) groups is 1. The van der Waals surface area contributed by atoms with Crippen molar-refractivity contribution in [1.29, 1.82) is 0 Å². The maximum absolute atomic E-state index is 11.9. The second-order valence-electron chi connectivity index (χ2n) is 5.43. The molecule has 0 saturated heterocycles. The first-order valence-electron chi connectivity index (χ1n) is 7.32. The van der Waals surface area contributed by atoms with E-state index in [9.17, 15) is 4.79 Å². The summed E-state index contributed by atoms with van der Waals surface area (Å²) in [5.74, 6) is 0.623. The van der Waals surface area contributed by atoms with E-state index in [0.29, 0.717) is 30.7 Å². The molecule has 0 aromatic heterocycles. The van der Waals surface area contributed by atoms with Gasteiger partial charge in [-0.25, -0.2) is 0 Å². The Balaban J connectivity index is 1.67. The standard InChI is InChI=1S/C16H22INO2/c1-12-4-2-3-5-15(12)20-11-10-18-16(19)13-6-8-14(17)9-7-13/h6-9,12,15H,2-5,10-11H2,1H3,(H,18,19). The van der Waals surface area contributed by atoms with Gasteiger partial charge in [-0.15, -0.1) is 0 Å². The summed E-state index contributed by atoms with van der Waals surface area (Å²) in [6.45, 7) is 3.44. The average molecular weight is 387 g/mol. The smallest absolute Gasteiger partial charge is 0.251 e. The molecule has 3 nitrogen and oxygen atoms in total. The van der Waals surface area contributed by atoms with Crippen molar-refractivity contribution >= 4 is 28.5 Å². The van der Waals surface area contributed by atoms with E-state index in [1.54, 1.807) is 0 Å². The fourth-order valence-corrected chi connectivity index (χ4v) is 2.97. The molecule has 1 aromatic carbocycles. The monoisotopic (exact) mass is 387 g/mol. The molecular formula is C16H22INO2. The third-order valence-corrected chi connectivity index (χ3v) is 4.58. The first kappa shape index (κ1) is 15.8. The fraction of sp³-hybridized carbons (Fsp3) is 0.562. The maximum atomic E-state index is 11.9. The largest absolute Gasteiger partial charge is 0.376 e. The predicted molar refractivity (Wildman–Crippen MR) is 88.9 cm³/mol. The van der Waals surface area contributed by atoms with E-state index in [1.807, 2.05) is 24.3 Å². The molecular weight excluding hydrogens is 365 g/mol. The van der Waals surface area contributed by atoms with Gasteiger partial charge in [0.2, 0.25) is 0 Å². The fourth-order valence-electron chi connectivity index (χ4n) is 2.61. The van der Waals surface area contributed by atoms with Gasteiger partial charge in [-0.05, 0) is 65.6 Å². The van der Waals surface area contributed by atoms with E-state index in [4.69, 9.17) is 4.74 Å². The molecule has 1 aromatic rings. The van der Waals surface area contributed by atoms with Crippen LogP contribution >= 0.6 is 22.6 Å². The Morgan fingerprint density at radius 1 is 1.30 bits per heavy atom. The lowest BCUT2D eigenvalue weighted by Gasteiger charge is -2.28. The minimum absolute atomic E-state index is 0.0262. The molecule has 0 aliphatic heterocycles. The Morgan fingerprint density at radius 2 is 2.00 bits per heavy atom. The molecule has 1 aliphatic rings. The zero-order valence-corrected chi connectivity index (χ0v) is 14.1. The molecule has 0 bridgehead atoms. The first-order valence-corrected chi connectivity index (χ1v) is 8.40. The molecule has 1 aliphatic carbocycles. The normalized spacial score (nSPS) is 22.5. The van der Waals surface area contributed by atoms with Gasteiger partial charge < -0.3 is 10.1 Å². The van der Waals surface area contributed by atoms with Crippen LogP contribution in [0.2, 0.25) is 0 Å². The number of ether oxygens (including phenoxy) is 1. The van der Waals surface area contributed by atoms with Gasteiger partial charge in [0.15, 0.2) is 0 Å². The molecule has 1 amide bonds. The van der Waals surface area contributed by atoms with Crippen LogP contribution in [0, 0.1) is 9.49 Å². The lowest BCUT2D eigenvalue weighted by molar-refractivity contribution is -0.00293. The summed E-state index contributed by atoms with van der Waals surface area (Å²) in [5.41, 5.74) is 0.705. The van der Waals surface area contributed by atoms with Crippen LogP contribution in [-0.4, -0.2) is 25.2 Å². The highest BCUT2D eigenvalue weighted by molar-refractivity contribution is 14.1. The Labute approximate surface area is 134 Å². The molecule has 2 rings (SSSR count). The molecule has 1 N–H and O–H groups in total. The Kier molecular flexibility index (Phi) is 6.29. The van der Waals surface area contributed by atoms with Crippen LogP contribution in [0.25, 0.3) is 0 Å². The topological polar surface area (TPSA) is 38.3 Å². The summed E-state index contributed by atoms with van der Waals surface area (Å²) in [4.78, 5) is 11.9. The second kappa shape index (κ2) is 7.98. The van der Waals surface area contributed by atoms with Gasteiger partial charge in [-0.2, -0.15) is 0 Å². The van der Waals surface area contributed by atoms with Gasteiger partial charge in [0, 0.05) is 15.7 Å². The molecule has 2 atom stereocenters. The zero-order chi connectivity index (χ0) is 14.4. The average Bonchev–Trinajstić information content (AvgIpc) is 2.46. The van der Waals surface area contributed by atoms with Crippen LogP contribution < -0.4 is 5.32 Å². The number of hydrogen-bond acceptors (Lipinski definition) is 2. The number of hydrogen-bond donors (Lipinski definition) is 1. The Hall–Kier alpha value is -0.620. The molecule has 4 heteroatoms. The van der Waals surface area contributed by atoms with Crippen LogP contribution in [0.5, 0.6) is 0 Å². The minimum atomic E-state index is -0.0262. The van der Waals surface area contributed by atoms with Gasteiger partial charge in [0.25, 0.3) is 5.91 Å². The van der Waals surface area contributed by atoms with E-state index in [-0.39, 0.29) is 5.91 Å². The summed E-state index contributed by atoms with van der Waals surface area (Å²) < 4.78 is 7.02. The number of nitrogens with one attached hydrogen (secondary N) is 1. The minimum Gasteiger partial charge on any atom is -0.376 e. The summed E-state index contributed by atoms with van der Waals surface area (Å²) in [6, 6.07) is 7.58. The molecule has 1 fully saturated rings. The molecule has 0 radical (unpaired) electrons. The Morgan fingerprint density at radius 3 is 2.70 bits per heavy atom. The molecule has 20 heavy (non-hydrogen) atoms. The quantitative estimate of drug-likeness (QED) is 0.619. The summed E-state index contributed by atoms with van der Waals surface area (Å²) in [5, 5.41) is 2.91. The van der Waals surface area contributed by atoms with Crippen LogP contribution in [-0.2, 0) is 4.74 Å². The zero-order valence-electron chi connectivity index (χ0n) is 11.9. The van der Waals surface area contributed by atoms with E-state index in [2.05, 4.69) is 34.8 Å². The van der Waals surface area contributed by atoms with Crippen molar-refractivity contribution in [2.45, 2.75) is 38.7 Å². The summed E-state index contributed by atoms with van der Waals surface area (Å²) in [6.07, 6.45) is 5.39. The lowest BCUT2D eigenvalue weighted by Crippen LogP contribution is -2.31. The highest BCUT2D eigenvalue weighted by Gasteiger charge is 2.21. The summed E-state index contributed by atoms with van der Waals surface area (Å²) >= 11 is 2.23. The molecule has 110 valence electrons. The molecule has 2 unspecified atom stereocenters. The van der Waals surface area contributed by atoms with Crippen LogP contribution in [0.4, 0.5) is 0 Å². The number of rotatable bonds is 5. The molecule has 0 spiro atoms. The van der Waals surface area contributed by atoms with Crippen molar-refractivity contribution < 1.29 is 9.53 Å². The van der Waals surface area contributed by atoms with E-state index >= 15 is 0 Å². The third-order valence-electron chi connectivity index (χ3n) is 3.86. The van der Waals surface area contributed by atoms with Crippen LogP contribution in [0.1, 0.15) is 43.0 Å². The first-order chi connectivity index (χ1) is 9.66. The lowest BCUT2D eigenvalue weighted by atomic mass is 9.88. The number of carbonyl (C=O) groups excluding carboxylic acids is 1.